The van der Waals surface area contributed by atoms with Gasteiger partial charge in [-0.25, -0.2) is 9.37 Å². The lowest BCUT2D eigenvalue weighted by Gasteiger charge is -2.13. The van der Waals surface area contributed by atoms with E-state index in [2.05, 4.69) is 10.3 Å². The van der Waals surface area contributed by atoms with Crippen LogP contribution >= 0.6 is 0 Å². The molecule has 1 unspecified atom stereocenters. The first-order chi connectivity index (χ1) is 10.5. The number of amides is 1. The van der Waals surface area contributed by atoms with Gasteiger partial charge in [-0.2, -0.15) is 0 Å². The Labute approximate surface area is 127 Å². The van der Waals surface area contributed by atoms with E-state index in [1.54, 1.807) is 18.3 Å². The maximum absolute atomic E-state index is 12.9. The van der Waals surface area contributed by atoms with Crippen LogP contribution in [-0.4, -0.2) is 15.3 Å². The number of halogens is 1. The van der Waals surface area contributed by atoms with Crippen molar-refractivity contribution in [3.63, 3.8) is 0 Å². The standard InChI is InChI=1S/C17H16FN3O/c1-11-3-8-16-20-15(10-21(16)9-11)17(22)19-12(2)13-4-6-14(18)7-5-13/h3-10,12H,1-2H3,(H,19,22). The zero-order valence-corrected chi connectivity index (χ0v) is 12.4. The van der Waals surface area contributed by atoms with Gasteiger partial charge in [0.15, 0.2) is 0 Å². The molecule has 1 aromatic carbocycles. The molecule has 0 radical (unpaired) electrons. The van der Waals surface area contributed by atoms with Gasteiger partial charge >= 0.3 is 0 Å². The summed E-state index contributed by atoms with van der Waals surface area (Å²) in [6.45, 7) is 3.83. The number of nitrogens with one attached hydrogen (secondary N) is 1. The lowest BCUT2D eigenvalue weighted by Crippen LogP contribution is -2.26. The average Bonchev–Trinajstić information content (AvgIpc) is 2.91. The molecule has 0 fully saturated rings. The van der Waals surface area contributed by atoms with Gasteiger partial charge in [-0.05, 0) is 43.2 Å². The summed E-state index contributed by atoms with van der Waals surface area (Å²) in [7, 11) is 0. The Morgan fingerprint density at radius 2 is 1.91 bits per heavy atom. The molecule has 4 nitrogen and oxygen atoms in total. The maximum atomic E-state index is 12.9. The zero-order chi connectivity index (χ0) is 15.7. The zero-order valence-electron chi connectivity index (χ0n) is 12.4. The second-order valence-corrected chi connectivity index (χ2v) is 5.34. The third kappa shape index (κ3) is 2.83. The van der Waals surface area contributed by atoms with Crippen LogP contribution in [0, 0.1) is 12.7 Å². The fourth-order valence-corrected chi connectivity index (χ4v) is 2.32. The van der Waals surface area contributed by atoms with E-state index in [0.717, 1.165) is 16.8 Å². The fourth-order valence-electron chi connectivity index (χ4n) is 2.32. The second kappa shape index (κ2) is 5.60. The summed E-state index contributed by atoms with van der Waals surface area (Å²) >= 11 is 0. The molecule has 2 heterocycles. The average molecular weight is 297 g/mol. The van der Waals surface area contributed by atoms with Crippen LogP contribution in [0.1, 0.15) is 34.6 Å². The van der Waals surface area contributed by atoms with Crippen molar-refractivity contribution >= 4 is 11.6 Å². The van der Waals surface area contributed by atoms with E-state index in [1.165, 1.54) is 12.1 Å². The Hall–Kier alpha value is -2.69. The number of nitrogens with zero attached hydrogens (tertiary/aromatic N) is 2. The topological polar surface area (TPSA) is 46.4 Å². The van der Waals surface area contributed by atoms with Gasteiger partial charge in [-0.3, -0.25) is 4.79 Å². The molecule has 1 amide bonds. The fraction of sp³-hybridized carbons (Fsp3) is 0.176. The highest BCUT2D eigenvalue weighted by Crippen LogP contribution is 2.14. The minimum Gasteiger partial charge on any atom is -0.344 e. The third-order valence-electron chi connectivity index (χ3n) is 3.55. The van der Waals surface area contributed by atoms with E-state index in [9.17, 15) is 9.18 Å². The quantitative estimate of drug-likeness (QED) is 0.806. The minimum atomic E-state index is -0.294. The van der Waals surface area contributed by atoms with Crippen LogP contribution in [0.5, 0.6) is 0 Å². The van der Waals surface area contributed by atoms with Crippen molar-refractivity contribution in [2.75, 3.05) is 0 Å². The number of rotatable bonds is 3. The van der Waals surface area contributed by atoms with Gasteiger partial charge in [-0.1, -0.05) is 18.2 Å². The number of hydrogen-bond donors (Lipinski definition) is 1. The highest BCUT2D eigenvalue weighted by atomic mass is 19.1. The molecule has 1 N–H and O–H groups in total. The summed E-state index contributed by atoms with van der Waals surface area (Å²) in [4.78, 5) is 16.6. The number of carbonyl (C=O) groups is 1. The SMILES string of the molecule is Cc1ccc2nc(C(=O)NC(C)c3ccc(F)cc3)cn2c1. The van der Waals surface area contributed by atoms with Crippen molar-refractivity contribution < 1.29 is 9.18 Å². The largest absolute Gasteiger partial charge is 0.344 e. The third-order valence-corrected chi connectivity index (χ3v) is 3.55. The normalized spacial score (nSPS) is 12.3. The molecule has 2 aromatic heterocycles. The van der Waals surface area contributed by atoms with Gasteiger partial charge in [0.05, 0.1) is 6.04 Å². The van der Waals surface area contributed by atoms with Gasteiger partial charge in [0.25, 0.3) is 5.91 Å². The number of pyridine rings is 1. The number of hydrogen-bond acceptors (Lipinski definition) is 2. The first kappa shape index (κ1) is 14.3. The minimum absolute atomic E-state index is 0.223. The van der Waals surface area contributed by atoms with Crippen LogP contribution in [0.15, 0.2) is 48.8 Å². The molecule has 0 saturated carbocycles. The molecule has 1 atom stereocenters. The highest BCUT2D eigenvalue weighted by molar-refractivity contribution is 5.93. The molecule has 0 saturated heterocycles. The lowest BCUT2D eigenvalue weighted by atomic mass is 10.1. The van der Waals surface area contributed by atoms with Crippen molar-refractivity contribution in [3.8, 4) is 0 Å². The highest BCUT2D eigenvalue weighted by Gasteiger charge is 2.14. The molecule has 0 aliphatic carbocycles. The Balaban J connectivity index is 1.79. The number of aromatic nitrogens is 2. The van der Waals surface area contributed by atoms with E-state index in [1.807, 2.05) is 36.6 Å². The van der Waals surface area contributed by atoms with Crippen LogP contribution in [0.4, 0.5) is 4.39 Å². The molecule has 0 aliphatic heterocycles. The first-order valence-electron chi connectivity index (χ1n) is 7.04. The van der Waals surface area contributed by atoms with E-state index in [0.29, 0.717) is 5.69 Å². The van der Waals surface area contributed by atoms with E-state index in [-0.39, 0.29) is 17.8 Å². The summed E-state index contributed by atoms with van der Waals surface area (Å²) in [5.41, 5.74) is 3.02. The monoisotopic (exact) mass is 297 g/mol. The van der Waals surface area contributed by atoms with Crippen molar-refractivity contribution in [1.29, 1.82) is 0 Å². The van der Waals surface area contributed by atoms with Crippen molar-refractivity contribution in [3.05, 3.63) is 71.4 Å². The van der Waals surface area contributed by atoms with Crippen molar-refractivity contribution in [2.24, 2.45) is 0 Å². The molecule has 3 rings (SSSR count). The smallest absolute Gasteiger partial charge is 0.271 e. The van der Waals surface area contributed by atoms with E-state index in [4.69, 9.17) is 0 Å². The van der Waals surface area contributed by atoms with Crippen molar-refractivity contribution in [2.45, 2.75) is 19.9 Å². The van der Waals surface area contributed by atoms with Gasteiger partial charge in [-0.15, -0.1) is 0 Å². The van der Waals surface area contributed by atoms with Gasteiger partial charge in [0, 0.05) is 12.4 Å². The number of fused-ring (bicyclic) bond motifs is 1. The summed E-state index contributed by atoms with van der Waals surface area (Å²) in [5, 5.41) is 2.87. The predicted octanol–water partition coefficient (Wildman–Crippen LogP) is 3.27. The van der Waals surface area contributed by atoms with Gasteiger partial charge < -0.3 is 9.72 Å². The number of carbonyl (C=O) groups excluding carboxylic acids is 1. The molecular weight excluding hydrogens is 281 g/mol. The lowest BCUT2D eigenvalue weighted by molar-refractivity contribution is 0.0935. The van der Waals surface area contributed by atoms with Crippen LogP contribution < -0.4 is 5.32 Å². The summed E-state index contributed by atoms with van der Waals surface area (Å²) in [5.74, 6) is -0.545. The van der Waals surface area contributed by atoms with Gasteiger partial charge in [0.2, 0.25) is 0 Å². The summed E-state index contributed by atoms with van der Waals surface area (Å²) < 4.78 is 14.8. The predicted molar refractivity (Wildman–Crippen MR) is 82.2 cm³/mol. The molecule has 22 heavy (non-hydrogen) atoms. The first-order valence-corrected chi connectivity index (χ1v) is 7.04. The van der Waals surface area contributed by atoms with Crippen LogP contribution in [0.2, 0.25) is 0 Å². The molecule has 5 heteroatoms. The molecule has 112 valence electrons. The number of imidazole rings is 1. The molecule has 0 bridgehead atoms. The van der Waals surface area contributed by atoms with E-state index < -0.39 is 0 Å². The van der Waals surface area contributed by atoms with E-state index >= 15 is 0 Å². The maximum Gasteiger partial charge on any atom is 0.271 e. The van der Waals surface area contributed by atoms with Crippen LogP contribution in [0.3, 0.4) is 0 Å². The number of aryl methyl sites for hydroxylation is 1. The molecule has 0 aliphatic rings. The molecular formula is C17H16FN3O. The summed E-state index contributed by atoms with van der Waals surface area (Å²) in [6.07, 6.45) is 3.62. The molecule has 3 aromatic rings. The second-order valence-electron chi connectivity index (χ2n) is 5.34. The Kier molecular flexibility index (Phi) is 3.63. The van der Waals surface area contributed by atoms with Gasteiger partial charge in [0.1, 0.15) is 17.2 Å². The molecule has 0 spiro atoms. The van der Waals surface area contributed by atoms with Crippen LogP contribution in [-0.2, 0) is 0 Å². The number of benzene rings is 1. The van der Waals surface area contributed by atoms with Crippen molar-refractivity contribution in [1.82, 2.24) is 14.7 Å². The Bertz CT molecular complexity index is 824. The Morgan fingerprint density at radius 3 is 2.64 bits per heavy atom. The Morgan fingerprint density at radius 1 is 1.18 bits per heavy atom. The summed E-state index contributed by atoms with van der Waals surface area (Å²) in [6, 6.07) is 9.68. The van der Waals surface area contributed by atoms with Crippen LogP contribution in [0.25, 0.3) is 5.65 Å².